The van der Waals surface area contributed by atoms with Gasteiger partial charge in [-0.05, 0) is 19.8 Å². The second kappa shape index (κ2) is 5.26. The predicted molar refractivity (Wildman–Crippen MR) is 67.9 cm³/mol. The number of carboxylic acids is 1. The SMILES string of the molecule is CC1CC(C(=O)O)CCN1C(=O)c1c[nH]ccc1=O. The second-order valence-corrected chi connectivity index (χ2v) is 4.83. The molecule has 6 heteroatoms. The number of rotatable bonds is 2. The van der Waals surface area contributed by atoms with Gasteiger partial charge in [-0.2, -0.15) is 0 Å². The number of amides is 1. The minimum atomic E-state index is -0.823. The number of H-pyrrole nitrogens is 1. The van der Waals surface area contributed by atoms with Gasteiger partial charge in [-0.1, -0.05) is 0 Å². The van der Waals surface area contributed by atoms with E-state index in [0.29, 0.717) is 19.4 Å². The third kappa shape index (κ3) is 2.67. The van der Waals surface area contributed by atoms with Gasteiger partial charge in [-0.15, -0.1) is 0 Å². The number of hydrogen-bond acceptors (Lipinski definition) is 3. The summed E-state index contributed by atoms with van der Waals surface area (Å²) in [5.41, 5.74) is -0.223. The van der Waals surface area contributed by atoms with E-state index in [4.69, 9.17) is 5.11 Å². The highest BCUT2D eigenvalue weighted by Gasteiger charge is 2.33. The van der Waals surface area contributed by atoms with Crippen molar-refractivity contribution < 1.29 is 14.7 Å². The fraction of sp³-hybridized carbons (Fsp3) is 0.462. The second-order valence-electron chi connectivity index (χ2n) is 4.83. The molecule has 0 aliphatic carbocycles. The van der Waals surface area contributed by atoms with Gasteiger partial charge in [0.2, 0.25) is 0 Å². The monoisotopic (exact) mass is 264 g/mol. The van der Waals surface area contributed by atoms with E-state index >= 15 is 0 Å². The third-order valence-electron chi connectivity index (χ3n) is 3.54. The molecule has 0 spiro atoms. The average molecular weight is 264 g/mol. The van der Waals surface area contributed by atoms with Crippen LogP contribution in [-0.2, 0) is 4.79 Å². The van der Waals surface area contributed by atoms with E-state index < -0.39 is 11.9 Å². The number of likely N-dealkylation sites (tertiary alicyclic amines) is 1. The fourth-order valence-corrected chi connectivity index (χ4v) is 2.44. The van der Waals surface area contributed by atoms with Crippen LogP contribution in [-0.4, -0.2) is 39.5 Å². The lowest BCUT2D eigenvalue weighted by Crippen LogP contribution is -2.47. The minimum absolute atomic E-state index is 0.100. The first-order valence-electron chi connectivity index (χ1n) is 6.21. The van der Waals surface area contributed by atoms with Crippen molar-refractivity contribution in [2.75, 3.05) is 6.54 Å². The molecular formula is C13H16N2O4. The topological polar surface area (TPSA) is 90.5 Å². The van der Waals surface area contributed by atoms with Gasteiger partial charge in [0, 0.05) is 31.0 Å². The Kier molecular flexibility index (Phi) is 3.69. The van der Waals surface area contributed by atoms with E-state index in [9.17, 15) is 14.4 Å². The van der Waals surface area contributed by atoms with Gasteiger partial charge in [0.05, 0.1) is 5.92 Å². The molecule has 1 aromatic rings. The summed E-state index contributed by atoms with van der Waals surface area (Å²) in [7, 11) is 0. The van der Waals surface area contributed by atoms with Crippen LogP contribution in [0.1, 0.15) is 30.1 Å². The van der Waals surface area contributed by atoms with Gasteiger partial charge < -0.3 is 15.0 Å². The van der Waals surface area contributed by atoms with E-state index in [1.54, 1.807) is 4.90 Å². The van der Waals surface area contributed by atoms with Crippen molar-refractivity contribution in [2.45, 2.75) is 25.8 Å². The predicted octanol–water partition coefficient (Wildman–Crippen LogP) is 0.700. The molecule has 1 aliphatic rings. The molecule has 2 heterocycles. The summed E-state index contributed by atoms with van der Waals surface area (Å²) in [6.45, 7) is 2.18. The molecule has 1 aromatic heterocycles. The maximum Gasteiger partial charge on any atom is 0.306 e. The Morgan fingerprint density at radius 1 is 1.47 bits per heavy atom. The summed E-state index contributed by atoms with van der Waals surface area (Å²) < 4.78 is 0. The van der Waals surface area contributed by atoms with E-state index in [0.717, 1.165) is 0 Å². The molecule has 1 amide bonds. The molecule has 1 aliphatic heterocycles. The Morgan fingerprint density at radius 2 is 2.21 bits per heavy atom. The Labute approximate surface area is 110 Å². The number of hydrogen-bond donors (Lipinski definition) is 2. The van der Waals surface area contributed by atoms with Crippen LogP contribution in [0.25, 0.3) is 0 Å². The normalized spacial score (nSPS) is 23.1. The zero-order chi connectivity index (χ0) is 14.0. The summed E-state index contributed by atoms with van der Waals surface area (Å²) in [4.78, 5) is 39.1. The summed E-state index contributed by atoms with van der Waals surface area (Å²) in [6.07, 6.45) is 3.71. The lowest BCUT2D eigenvalue weighted by Gasteiger charge is -2.36. The number of aliphatic carboxylic acids is 1. The maximum absolute atomic E-state index is 12.3. The summed E-state index contributed by atoms with van der Waals surface area (Å²) in [5.74, 6) is -1.57. The van der Waals surface area contributed by atoms with Crippen molar-refractivity contribution in [2.24, 2.45) is 5.92 Å². The summed E-state index contributed by atoms with van der Waals surface area (Å²) in [6, 6.07) is 1.13. The molecule has 0 aromatic carbocycles. The molecule has 2 atom stereocenters. The molecule has 2 unspecified atom stereocenters. The Morgan fingerprint density at radius 3 is 2.79 bits per heavy atom. The van der Waals surface area contributed by atoms with E-state index in [1.807, 2.05) is 6.92 Å². The van der Waals surface area contributed by atoms with Gasteiger partial charge in [0.15, 0.2) is 5.43 Å². The van der Waals surface area contributed by atoms with Crippen LogP contribution in [0.4, 0.5) is 0 Å². The maximum atomic E-state index is 12.3. The minimum Gasteiger partial charge on any atom is -0.481 e. The molecule has 0 bridgehead atoms. The molecule has 6 nitrogen and oxygen atoms in total. The zero-order valence-corrected chi connectivity index (χ0v) is 10.6. The molecule has 1 fully saturated rings. The molecule has 1 saturated heterocycles. The number of piperidine rings is 1. The van der Waals surface area contributed by atoms with Crippen molar-refractivity contribution >= 4 is 11.9 Å². The van der Waals surface area contributed by atoms with Gasteiger partial charge in [-0.25, -0.2) is 0 Å². The smallest absolute Gasteiger partial charge is 0.306 e. The molecule has 2 N–H and O–H groups in total. The van der Waals surface area contributed by atoms with E-state index in [1.165, 1.54) is 18.5 Å². The molecule has 0 saturated carbocycles. The van der Waals surface area contributed by atoms with Crippen LogP contribution in [0.5, 0.6) is 0 Å². The molecular weight excluding hydrogens is 248 g/mol. The average Bonchev–Trinajstić information content (AvgIpc) is 2.38. The van der Waals surface area contributed by atoms with Crippen molar-refractivity contribution in [1.29, 1.82) is 0 Å². The largest absolute Gasteiger partial charge is 0.481 e. The quantitative estimate of drug-likeness (QED) is 0.822. The summed E-state index contributed by atoms with van der Waals surface area (Å²) >= 11 is 0. The number of carboxylic acid groups (broad SMARTS) is 1. The van der Waals surface area contributed by atoms with Gasteiger partial charge >= 0.3 is 5.97 Å². The van der Waals surface area contributed by atoms with E-state index in [-0.39, 0.29) is 22.9 Å². The molecule has 19 heavy (non-hydrogen) atoms. The van der Waals surface area contributed by atoms with Crippen molar-refractivity contribution in [3.8, 4) is 0 Å². The highest BCUT2D eigenvalue weighted by molar-refractivity contribution is 5.94. The number of carbonyl (C=O) groups excluding carboxylic acids is 1. The standard InChI is InChI=1S/C13H16N2O4/c1-8-6-9(13(18)19)3-5-15(8)12(17)10-7-14-4-2-11(10)16/h2,4,7-9H,3,5-6H2,1H3,(H,14,16)(H,18,19). The number of pyridine rings is 1. The molecule has 2 rings (SSSR count). The Balaban J connectivity index is 2.16. The van der Waals surface area contributed by atoms with Gasteiger partial charge in [-0.3, -0.25) is 14.4 Å². The zero-order valence-electron chi connectivity index (χ0n) is 10.6. The Hall–Kier alpha value is -2.11. The first-order valence-corrected chi connectivity index (χ1v) is 6.21. The van der Waals surface area contributed by atoms with Gasteiger partial charge in [0.25, 0.3) is 5.91 Å². The van der Waals surface area contributed by atoms with Crippen molar-refractivity contribution in [3.05, 3.63) is 34.2 Å². The van der Waals surface area contributed by atoms with Crippen LogP contribution < -0.4 is 5.43 Å². The number of carbonyl (C=O) groups is 2. The highest BCUT2D eigenvalue weighted by Crippen LogP contribution is 2.23. The van der Waals surface area contributed by atoms with Crippen LogP contribution in [0.2, 0.25) is 0 Å². The number of aromatic amines is 1. The first kappa shape index (κ1) is 13.3. The number of aromatic nitrogens is 1. The van der Waals surface area contributed by atoms with Crippen molar-refractivity contribution in [1.82, 2.24) is 9.88 Å². The highest BCUT2D eigenvalue weighted by atomic mass is 16.4. The number of nitrogens with zero attached hydrogens (tertiary/aromatic N) is 1. The van der Waals surface area contributed by atoms with E-state index in [2.05, 4.69) is 4.98 Å². The van der Waals surface area contributed by atoms with Crippen LogP contribution in [0.3, 0.4) is 0 Å². The summed E-state index contributed by atoms with van der Waals surface area (Å²) in [5, 5.41) is 8.98. The molecule has 0 radical (unpaired) electrons. The van der Waals surface area contributed by atoms with Crippen LogP contribution >= 0.6 is 0 Å². The fourth-order valence-electron chi connectivity index (χ4n) is 2.44. The van der Waals surface area contributed by atoms with Crippen LogP contribution in [0, 0.1) is 5.92 Å². The molecule has 102 valence electrons. The van der Waals surface area contributed by atoms with Gasteiger partial charge in [0.1, 0.15) is 5.56 Å². The van der Waals surface area contributed by atoms with Crippen molar-refractivity contribution in [3.63, 3.8) is 0 Å². The first-order chi connectivity index (χ1) is 9.00. The lowest BCUT2D eigenvalue weighted by atomic mass is 9.91. The lowest BCUT2D eigenvalue weighted by molar-refractivity contribution is -0.143. The van der Waals surface area contributed by atoms with Crippen LogP contribution in [0.15, 0.2) is 23.3 Å². The number of nitrogens with one attached hydrogen (secondary N) is 1. The third-order valence-corrected chi connectivity index (χ3v) is 3.54. The Bertz CT molecular complexity index is 552.